The molecule has 116 valence electrons. The number of nitrogens with zero attached hydrogens (tertiary/aromatic N) is 2. The summed E-state index contributed by atoms with van der Waals surface area (Å²) in [5, 5.41) is 12.4. The molecule has 1 heterocycles. The van der Waals surface area contributed by atoms with Crippen molar-refractivity contribution in [2.75, 3.05) is 11.9 Å². The van der Waals surface area contributed by atoms with Crippen molar-refractivity contribution in [3.63, 3.8) is 0 Å². The fourth-order valence-corrected chi connectivity index (χ4v) is 2.80. The van der Waals surface area contributed by atoms with Crippen molar-refractivity contribution in [3.8, 4) is 0 Å². The molecule has 1 saturated carbocycles. The highest BCUT2D eigenvalue weighted by atomic mass is 16.4. The van der Waals surface area contributed by atoms with Crippen molar-refractivity contribution in [1.82, 2.24) is 9.97 Å². The van der Waals surface area contributed by atoms with Crippen molar-refractivity contribution in [1.29, 1.82) is 0 Å². The number of carboxylic acids is 1. The van der Waals surface area contributed by atoms with Crippen LogP contribution in [-0.2, 0) is 4.79 Å². The van der Waals surface area contributed by atoms with Crippen LogP contribution in [0.4, 0.5) is 5.82 Å². The number of rotatable bonds is 5. The number of aryl methyl sites for hydroxylation is 1. The quantitative estimate of drug-likeness (QED) is 0.871. The lowest BCUT2D eigenvalue weighted by Gasteiger charge is -2.26. The van der Waals surface area contributed by atoms with Gasteiger partial charge in [0.15, 0.2) is 0 Å². The minimum Gasteiger partial charge on any atom is -0.481 e. The van der Waals surface area contributed by atoms with Gasteiger partial charge in [0.25, 0.3) is 0 Å². The molecule has 0 saturated heterocycles. The zero-order chi connectivity index (χ0) is 15.4. The van der Waals surface area contributed by atoms with Gasteiger partial charge in [-0.25, -0.2) is 9.97 Å². The van der Waals surface area contributed by atoms with Gasteiger partial charge in [-0.05, 0) is 38.5 Å². The molecule has 21 heavy (non-hydrogen) atoms. The van der Waals surface area contributed by atoms with Gasteiger partial charge in [-0.2, -0.15) is 0 Å². The first kappa shape index (κ1) is 15.7. The van der Waals surface area contributed by atoms with Gasteiger partial charge in [0.1, 0.15) is 11.6 Å². The van der Waals surface area contributed by atoms with E-state index in [4.69, 9.17) is 5.11 Å². The molecule has 2 N–H and O–H groups in total. The van der Waals surface area contributed by atoms with E-state index in [-0.39, 0.29) is 5.92 Å². The van der Waals surface area contributed by atoms with Crippen molar-refractivity contribution >= 4 is 11.8 Å². The Morgan fingerprint density at radius 1 is 1.33 bits per heavy atom. The summed E-state index contributed by atoms with van der Waals surface area (Å²) in [4.78, 5) is 19.9. The van der Waals surface area contributed by atoms with E-state index in [9.17, 15) is 4.79 Å². The van der Waals surface area contributed by atoms with Crippen LogP contribution in [0.2, 0.25) is 0 Å². The average Bonchev–Trinajstić information content (AvgIpc) is 2.45. The molecule has 5 heteroatoms. The Morgan fingerprint density at radius 2 is 2.00 bits per heavy atom. The molecule has 0 unspecified atom stereocenters. The molecule has 0 radical (unpaired) electrons. The molecule has 0 bridgehead atoms. The van der Waals surface area contributed by atoms with Gasteiger partial charge < -0.3 is 10.4 Å². The molecule has 1 fully saturated rings. The van der Waals surface area contributed by atoms with Gasteiger partial charge in [0, 0.05) is 24.2 Å². The average molecular weight is 291 g/mol. The monoisotopic (exact) mass is 291 g/mol. The Hall–Kier alpha value is -1.65. The summed E-state index contributed by atoms with van der Waals surface area (Å²) >= 11 is 0. The first-order chi connectivity index (χ1) is 9.95. The fourth-order valence-electron chi connectivity index (χ4n) is 2.80. The molecular formula is C16H25N3O2. The first-order valence-corrected chi connectivity index (χ1v) is 7.78. The van der Waals surface area contributed by atoms with Crippen LogP contribution >= 0.6 is 0 Å². The van der Waals surface area contributed by atoms with E-state index < -0.39 is 5.97 Å². The fraction of sp³-hybridized carbons (Fsp3) is 0.688. The molecule has 0 spiro atoms. The van der Waals surface area contributed by atoms with Crippen LogP contribution in [0.15, 0.2) is 6.07 Å². The molecule has 1 aliphatic rings. The molecule has 0 aromatic carbocycles. The summed E-state index contributed by atoms with van der Waals surface area (Å²) in [6, 6.07) is 1.97. The number of aliphatic carboxylic acids is 1. The first-order valence-electron chi connectivity index (χ1n) is 7.78. The summed E-state index contributed by atoms with van der Waals surface area (Å²) in [6.45, 7) is 7.02. The normalized spacial score (nSPS) is 22.3. The molecule has 2 rings (SSSR count). The van der Waals surface area contributed by atoms with E-state index >= 15 is 0 Å². The second kappa shape index (κ2) is 6.87. The number of carbonyl (C=O) groups is 1. The van der Waals surface area contributed by atoms with Gasteiger partial charge in [-0.3, -0.25) is 4.79 Å². The maximum Gasteiger partial charge on any atom is 0.306 e. The molecule has 0 aliphatic heterocycles. The minimum absolute atomic E-state index is 0.143. The molecular weight excluding hydrogens is 266 g/mol. The standard InChI is InChI=1S/C16H25N3O2/c1-10(2)15-18-11(3)8-14(19-15)17-9-12-4-6-13(7-5-12)16(20)21/h8,10,12-13H,4-7,9H2,1-3H3,(H,20,21)(H,17,18,19). The highest BCUT2D eigenvalue weighted by Gasteiger charge is 2.25. The van der Waals surface area contributed by atoms with Crippen LogP contribution in [0.25, 0.3) is 0 Å². The topological polar surface area (TPSA) is 75.1 Å². The highest BCUT2D eigenvalue weighted by molar-refractivity contribution is 5.70. The van der Waals surface area contributed by atoms with Crippen LogP contribution in [0.5, 0.6) is 0 Å². The maximum absolute atomic E-state index is 10.9. The number of hydrogen-bond acceptors (Lipinski definition) is 4. The van der Waals surface area contributed by atoms with E-state index in [0.29, 0.717) is 11.8 Å². The van der Waals surface area contributed by atoms with Gasteiger partial charge >= 0.3 is 5.97 Å². The summed E-state index contributed by atoms with van der Waals surface area (Å²) in [5.74, 6) is 1.82. The van der Waals surface area contributed by atoms with Crippen LogP contribution in [0, 0.1) is 18.8 Å². The SMILES string of the molecule is Cc1cc(NCC2CCC(C(=O)O)CC2)nc(C(C)C)n1. The van der Waals surface area contributed by atoms with Crippen molar-refractivity contribution in [2.24, 2.45) is 11.8 Å². The Labute approximate surface area is 126 Å². The van der Waals surface area contributed by atoms with Gasteiger partial charge in [-0.15, -0.1) is 0 Å². The van der Waals surface area contributed by atoms with E-state index in [2.05, 4.69) is 29.1 Å². The van der Waals surface area contributed by atoms with E-state index in [1.165, 1.54) is 0 Å². The van der Waals surface area contributed by atoms with Crippen LogP contribution in [0.1, 0.15) is 57.0 Å². The maximum atomic E-state index is 10.9. The zero-order valence-electron chi connectivity index (χ0n) is 13.1. The third-order valence-corrected chi connectivity index (χ3v) is 4.16. The minimum atomic E-state index is -0.644. The van der Waals surface area contributed by atoms with Crippen molar-refractivity contribution in [2.45, 2.75) is 52.4 Å². The van der Waals surface area contributed by atoms with Crippen molar-refractivity contribution < 1.29 is 9.90 Å². The molecule has 5 nitrogen and oxygen atoms in total. The third-order valence-electron chi connectivity index (χ3n) is 4.16. The number of aromatic nitrogens is 2. The summed E-state index contributed by atoms with van der Waals surface area (Å²) in [7, 11) is 0. The van der Waals surface area contributed by atoms with Gasteiger partial charge in [-0.1, -0.05) is 13.8 Å². The van der Waals surface area contributed by atoms with E-state index in [1.54, 1.807) is 0 Å². The molecule has 1 aromatic rings. The van der Waals surface area contributed by atoms with Gasteiger partial charge in [0.2, 0.25) is 0 Å². The predicted octanol–water partition coefficient (Wildman–Crippen LogP) is 3.21. The van der Waals surface area contributed by atoms with Crippen LogP contribution in [-0.4, -0.2) is 27.6 Å². The third kappa shape index (κ3) is 4.41. The highest BCUT2D eigenvalue weighted by Crippen LogP contribution is 2.29. The molecule has 0 atom stereocenters. The second-order valence-corrected chi connectivity index (χ2v) is 6.34. The Balaban J connectivity index is 1.88. The lowest BCUT2D eigenvalue weighted by Crippen LogP contribution is -2.25. The second-order valence-electron chi connectivity index (χ2n) is 6.34. The van der Waals surface area contributed by atoms with Crippen molar-refractivity contribution in [3.05, 3.63) is 17.6 Å². The number of hydrogen-bond donors (Lipinski definition) is 2. The molecule has 1 aliphatic carbocycles. The summed E-state index contributed by atoms with van der Waals surface area (Å²) < 4.78 is 0. The van der Waals surface area contributed by atoms with Gasteiger partial charge in [0.05, 0.1) is 5.92 Å². The predicted molar refractivity (Wildman–Crippen MR) is 82.4 cm³/mol. The van der Waals surface area contributed by atoms with E-state index in [1.807, 2.05) is 13.0 Å². The lowest BCUT2D eigenvalue weighted by molar-refractivity contribution is -0.143. The zero-order valence-corrected chi connectivity index (χ0v) is 13.1. The number of carboxylic acid groups (broad SMARTS) is 1. The molecule has 1 aromatic heterocycles. The summed E-state index contributed by atoms with van der Waals surface area (Å²) in [5.41, 5.74) is 0.978. The van der Waals surface area contributed by atoms with E-state index in [0.717, 1.165) is 49.6 Å². The lowest BCUT2D eigenvalue weighted by atomic mass is 9.82. The Kier molecular flexibility index (Phi) is 5.15. The summed E-state index contributed by atoms with van der Waals surface area (Å²) in [6.07, 6.45) is 3.54. The number of anilines is 1. The molecule has 0 amide bonds. The Morgan fingerprint density at radius 3 is 2.57 bits per heavy atom. The largest absolute Gasteiger partial charge is 0.481 e. The van der Waals surface area contributed by atoms with Crippen LogP contribution in [0.3, 0.4) is 0 Å². The smallest absolute Gasteiger partial charge is 0.306 e. The Bertz CT molecular complexity index is 494. The van der Waals surface area contributed by atoms with Crippen LogP contribution < -0.4 is 5.32 Å². The number of nitrogens with one attached hydrogen (secondary N) is 1.